The molecule has 3 aromatic rings. The molecule has 0 atom stereocenters. The summed E-state index contributed by atoms with van der Waals surface area (Å²) in [6.45, 7) is 6.87. The lowest BCUT2D eigenvalue weighted by atomic mass is 10.0. The van der Waals surface area contributed by atoms with Crippen molar-refractivity contribution in [2.75, 3.05) is 11.1 Å². The summed E-state index contributed by atoms with van der Waals surface area (Å²) in [7, 11) is 0. The monoisotopic (exact) mass is 455 g/mol. The average Bonchev–Trinajstić information content (AvgIpc) is 3.35. The van der Waals surface area contributed by atoms with Crippen molar-refractivity contribution in [2.24, 2.45) is 0 Å². The molecule has 0 saturated carbocycles. The van der Waals surface area contributed by atoms with Gasteiger partial charge in [0.15, 0.2) is 5.16 Å². The zero-order valence-electron chi connectivity index (χ0n) is 18.4. The molecular weight excluding hydrogens is 426 g/mol. The number of fused-ring (bicyclic) bond motifs is 3. The van der Waals surface area contributed by atoms with Crippen LogP contribution >= 0.6 is 23.1 Å². The van der Waals surface area contributed by atoms with Crippen LogP contribution in [-0.2, 0) is 37.0 Å². The fourth-order valence-corrected chi connectivity index (χ4v) is 6.43. The number of thioether (sulfide) groups is 1. The molecule has 1 amide bonds. The van der Waals surface area contributed by atoms with E-state index in [4.69, 9.17) is 4.98 Å². The van der Waals surface area contributed by atoms with Crippen molar-refractivity contribution in [1.82, 2.24) is 9.55 Å². The molecule has 2 heterocycles. The molecule has 5 nitrogen and oxygen atoms in total. The van der Waals surface area contributed by atoms with Crippen LogP contribution in [0.5, 0.6) is 0 Å². The van der Waals surface area contributed by atoms with Gasteiger partial charge in [0.25, 0.3) is 5.56 Å². The van der Waals surface area contributed by atoms with Gasteiger partial charge in [-0.25, -0.2) is 4.98 Å². The zero-order chi connectivity index (χ0) is 22.0. The molecule has 164 valence electrons. The van der Waals surface area contributed by atoms with E-state index in [0.29, 0.717) is 11.7 Å². The van der Waals surface area contributed by atoms with Crippen LogP contribution in [0.15, 0.2) is 28.2 Å². The van der Waals surface area contributed by atoms with E-state index in [2.05, 4.69) is 38.2 Å². The van der Waals surface area contributed by atoms with Gasteiger partial charge >= 0.3 is 0 Å². The molecule has 4 rings (SSSR count). The Morgan fingerprint density at radius 1 is 1.19 bits per heavy atom. The molecule has 1 N–H and O–H groups in total. The molecule has 1 aliphatic rings. The molecule has 0 radical (unpaired) electrons. The predicted octanol–water partition coefficient (Wildman–Crippen LogP) is 5.21. The molecule has 0 saturated heterocycles. The van der Waals surface area contributed by atoms with Crippen LogP contribution in [0.2, 0.25) is 0 Å². The number of hydrogen-bond acceptors (Lipinski definition) is 5. The second kappa shape index (κ2) is 9.57. The molecular formula is C24H29N3O2S2. The molecule has 1 aromatic carbocycles. The first-order valence-electron chi connectivity index (χ1n) is 11.2. The van der Waals surface area contributed by atoms with E-state index < -0.39 is 0 Å². The van der Waals surface area contributed by atoms with E-state index in [9.17, 15) is 9.59 Å². The molecule has 0 bridgehead atoms. The van der Waals surface area contributed by atoms with Crippen molar-refractivity contribution in [3.63, 3.8) is 0 Å². The SMILES string of the molecule is CCCn1c(SCC(=O)Nc2c(CC)cccc2CC)nc2sc3c(c2c1=O)CCC3. The first-order chi connectivity index (χ1) is 15.1. The second-order valence-corrected chi connectivity index (χ2v) is 9.91. The number of carbonyl (C=O) groups excluding carboxylic acids is 1. The topological polar surface area (TPSA) is 64.0 Å². The predicted molar refractivity (Wildman–Crippen MR) is 131 cm³/mol. The Hall–Kier alpha value is -2.12. The highest BCUT2D eigenvalue weighted by atomic mass is 32.2. The highest BCUT2D eigenvalue weighted by molar-refractivity contribution is 7.99. The van der Waals surface area contributed by atoms with E-state index in [0.717, 1.165) is 65.6 Å². The van der Waals surface area contributed by atoms with Crippen molar-refractivity contribution >= 4 is 44.9 Å². The fraction of sp³-hybridized carbons (Fsp3) is 0.458. The maximum Gasteiger partial charge on any atom is 0.263 e. The normalized spacial score (nSPS) is 13.0. The van der Waals surface area contributed by atoms with Gasteiger partial charge in [-0.3, -0.25) is 14.2 Å². The fourth-order valence-electron chi connectivity index (χ4n) is 4.30. The molecule has 0 aliphatic heterocycles. The van der Waals surface area contributed by atoms with Gasteiger partial charge in [-0.15, -0.1) is 11.3 Å². The van der Waals surface area contributed by atoms with Gasteiger partial charge in [-0.1, -0.05) is 50.7 Å². The lowest BCUT2D eigenvalue weighted by molar-refractivity contribution is -0.113. The number of carbonyl (C=O) groups is 1. The smallest absolute Gasteiger partial charge is 0.263 e. The summed E-state index contributed by atoms with van der Waals surface area (Å²) in [5.41, 5.74) is 4.49. The third kappa shape index (κ3) is 4.30. The highest BCUT2D eigenvalue weighted by Crippen LogP contribution is 2.35. The van der Waals surface area contributed by atoms with Crippen molar-refractivity contribution in [3.8, 4) is 0 Å². The number of thiophene rings is 1. The van der Waals surface area contributed by atoms with Crippen molar-refractivity contribution in [2.45, 2.75) is 71.0 Å². The van der Waals surface area contributed by atoms with Gasteiger partial charge in [-0.05, 0) is 55.2 Å². The van der Waals surface area contributed by atoms with E-state index >= 15 is 0 Å². The van der Waals surface area contributed by atoms with Gasteiger partial charge in [0.05, 0.1) is 11.1 Å². The van der Waals surface area contributed by atoms with Gasteiger partial charge in [0.1, 0.15) is 4.83 Å². The van der Waals surface area contributed by atoms with Crippen LogP contribution < -0.4 is 10.9 Å². The standard InChI is InChI=1S/C24H29N3O2S2/c1-4-13-27-23(29)20-17-11-8-12-18(17)31-22(20)26-24(27)30-14-19(28)25-21-15(5-2)9-7-10-16(21)6-3/h7,9-10H,4-6,8,11-14H2,1-3H3,(H,25,28). The third-order valence-corrected chi connectivity index (χ3v) is 7.99. The molecule has 0 spiro atoms. The summed E-state index contributed by atoms with van der Waals surface area (Å²) in [5, 5.41) is 4.57. The summed E-state index contributed by atoms with van der Waals surface area (Å²) in [6, 6.07) is 6.17. The number of hydrogen-bond donors (Lipinski definition) is 1. The first-order valence-corrected chi connectivity index (χ1v) is 13.0. The third-order valence-electron chi connectivity index (χ3n) is 5.83. The zero-order valence-corrected chi connectivity index (χ0v) is 20.0. The number of para-hydroxylation sites is 1. The Morgan fingerprint density at radius 3 is 2.61 bits per heavy atom. The van der Waals surface area contributed by atoms with Crippen LogP contribution in [0.25, 0.3) is 10.2 Å². The quantitative estimate of drug-likeness (QED) is 0.374. The summed E-state index contributed by atoms with van der Waals surface area (Å²) in [6.07, 6.45) is 5.74. The minimum atomic E-state index is -0.0633. The number of amides is 1. The van der Waals surface area contributed by atoms with Crippen molar-refractivity contribution in [1.29, 1.82) is 0 Å². The van der Waals surface area contributed by atoms with Gasteiger partial charge in [0, 0.05) is 17.1 Å². The van der Waals surface area contributed by atoms with E-state index in [1.807, 2.05) is 6.07 Å². The Labute approximate surface area is 191 Å². The summed E-state index contributed by atoms with van der Waals surface area (Å²) < 4.78 is 1.77. The lowest BCUT2D eigenvalue weighted by Crippen LogP contribution is -2.24. The minimum absolute atomic E-state index is 0.0544. The number of nitrogens with one attached hydrogen (secondary N) is 1. The number of anilines is 1. The number of aryl methyl sites for hydroxylation is 4. The molecule has 31 heavy (non-hydrogen) atoms. The molecule has 7 heteroatoms. The molecule has 1 aliphatic carbocycles. The summed E-state index contributed by atoms with van der Waals surface area (Å²) in [4.78, 5) is 33.1. The van der Waals surface area contributed by atoms with Crippen LogP contribution in [0.4, 0.5) is 5.69 Å². The number of aromatic nitrogens is 2. The van der Waals surface area contributed by atoms with E-state index in [1.54, 1.807) is 15.9 Å². The van der Waals surface area contributed by atoms with Crippen LogP contribution in [0.3, 0.4) is 0 Å². The first kappa shape index (κ1) is 22.1. The van der Waals surface area contributed by atoms with Crippen molar-refractivity contribution in [3.05, 3.63) is 50.1 Å². The second-order valence-electron chi connectivity index (χ2n) is 7.88. The van der Waals surface area contributed by atoms with Crippen LogP contribution in [0.1, 0.15) is 55.2 Å². The minimum Gasteiger partial charge on any atom is -0.325 e. The van der Waals surface area contributed by atoms with E-state index in [1.165, 1.54) is 22.2 Å². The maximum atomic E-state index is 13.3. The number of rotatable bonds is 8. The Bertz CT molecular complexity index is 1160. The Kier molecular flexibility index (Phi) is 6.82. The van der Waals surface area contributed by atoms with Gasteiger partial charge in [0.2, 0.25) is 5.91 Å². The summed E-state index contributed by atoms with van der Waals surface area (Å²) >= 11 is 3.01. The Morgan fingerprint density at radius 2 is 1.94 bits per heavy atom. The van der Waals surface area contributed by atoms with Gasteiger partial charge < -0.3 is 5.32 Å². The Balaban J connectivity index is 1.59. The summed E-state index contributed by atoms with van der Waals surface area (Å²) in [5.74, 6) is 0.167. The number of nitrogens with zero attached hydrogens (tertiary/aromatic N) is 2. The van der Waals surface area contributed by atoms with Gasteiger partial charge in [-0.2, -0.15) is 0 Å². The molecule has 2 aromatic heterocycles. The van der Waals surface area contributed by atoms with Crippen LogP contribution in [-0.4, -0.2) is 21.2 Å². The molecule has 0 fully saturated rings. The largest absolute Gasteiger partial charge is 0.325 e. The van der Waals surface area contributed by atoms with E-state index in [-0.39, 0.29) is 17.2 Å². The molecule has 0 unspecified atom stereocenters. The average molecular weight is 456 g/mol. The lowest BCUT2D eigenvalue weighted by Gasteiger charge is -2.15. The van der Waals surface area contributed by atoms with Crippen molar-refractivity contribution < 1.29 is 4.79 Å². The highest BCUT2D eigenvalue weighted by Gasteiger charge is 2.23. The van der Waals surface area contributed by atoms with Crippen LogP contribution in [0, 0.1) is 0 Å². The maximum absolute atomic E-state index is 13.3. The number of benzene rings is 1.